The number of hydrogen-bond acceptors (Lipinski definition) is 5. The van der Waals surface area contributed by atoms with Crippen molar-refractivity contribution < 1.29 is 24.5 Å². The second kappa shape index (κ2) is 8.14. The predicted octanol–water partition coefficient (Wildman–Crippen LogP) is 2.25. The molecule has 0 fully saturated rings. The van der Waals surface area contributed by atoms with Gasteiger partial charge in [0, 0.05) is 12.2 Å². The highest BCUT2D eigenvalue weighted by Crippen LogP contribution is 2.26. The van der Waals surface area contributed by atoms with E-state index < -0.39 is 11.9 Å². The third-order valence-corrected chi connectivity index (χ3v) is 3.73. The Morgan fingerprint density at radius 3 is 2.72 bits per heavy atom. The molecule has 132 valence electrons. The summed E-state index contributed by atoms with van der Waals surface area (Å²) < 4.78 is 5.07. The van der Waals surface area contributed by atoms with Crippen LogP contribution in [0.25, 0.3) is 0 Å². The first-order valence-corrected chi connectivity index (χ1v) is 7.76. The minimum Gasteiger partial charge on any atom is -0.504 e. The van der Waals surface area contributed by atoms with E-state index in [0.29, 0.717) is 18.6 Å². The van der Waals surface area contributed by atoms with Crippen molar-refractivity contribution in [1.82, 2.24) is 10.3 Å². The molecular formula is C18H20N2O5. The summed E-state index contributed by atoms with van der Waals surface area (Å²) in [4.78, 5) is 27.0. The molecule has 0 aliphatic carbocycles. The molecule has 2 aromatic rings. The quantitative estimate of drug-likeness (QED) is 0.711. The summed E-state index contributed by atoms with van der Waals surface area (Å²) in [6, 6.07) is 7.56. The molecule has 1 aromatic heterocycles. The number of aromatic hydroxyl groups is 1. The fraction of sp³-hybridized carbons (Fsp3) is 0.278. The number of aromatic carboxylic acids is 1. The molecular weight excluding hydrogens is 324 g/mol. The van der Waals surface area contributed by atoms with Crippen molar-refractivity contribution in [2.75, 3.05) is 7.11 Å². The maximum Gasteiger partial charge on any atom is 0.335 e. The van der Waals surface area contributed by atoms with Crippen molar-refractivity contribution in [2.24, 2.45) is 0 Å². The number of carbonyl (C=O) groups excluding carboxylic acids is 1. The van der Waals surface area contributed by atoms with Gasteiger partial charge in [-0.1, -0.05) is 6.07 Å². The number of ether oxygens (including phenoxy) is 1. The van der Waals surface area contributed by atoms with E-state index in [-0.39, 0.29) is 23.0 Å². The van der Waals surface area contributed by atoms with Gasteiger partial charge in [0.25, 0.3) is 5.91 Å². The molecule has 1 amide bonds. The van der Waals surface area contributed by atoms with Gasteiger partial charge in [0.15, 0.2) is 11.5 Å². The monoisotopic (exact) mass is 344 g/mol. The van der Waals surface area contributed by atoms with E-state index in [1.54, 1.807) is 18.2 Å². The lowest BCUT2D eigenvalue weighted by atomic mass is 10.1. The Morgan fingerprint density at radius 2 is 2.04 bits per heavy atom. The molecule has 0 spiro atoms. The minimum atomic E-state index is -1.11. The van der Waals surface area contributed by atoms with Gasteiger partial charge in [0.2, 0.25) is 0 Å². The predicted molar refractivity (Wildman–Crippen MR) is 91.1 cm³/mol. The summed E-state index contributed by atoms with van der Waals surface area (Å²) in [5.41, 5.74) is 1.06. The average Bonchev–Trinajstić information content (AvgIpc) is 2.61. The lowest BCUT2D eigenvalue weighted by molar-refractivity contribution is 0.0696. The number of hydrogen-bond donors (Lipinski definition) is 3. The number of nitrogens with zero attached hydrogens (tertiary/aromatic N) is 1. The van der Waals surface area contributed by atoms with Gasteiger partial charge in [-0.25, -0.2) is 4.79 Å². The fourth-order valence-corrected chi connectivity index (χ4v) is 2.32. The average molecular weight is 344 g/mol. The molecule has 0 aliphatic rings. The molecule has 0 bridgehead atoms. The number of rotatable bonds is 7. The Balaban J connectivity index is 1.93. The zero-order valence-corrected chi connectivity index (χ0v) is 14.0. The summed E-state index contributed by atoms with van der Waals surface area (Å²) in [6.07, 6.45) is 2.64. The topological polar surface area (TPSA) is 109 Å². The van der Waals surface area contributed by atoms with Crippen LogP contribution < -0.4 is 10.1 Å². The Kier molecular flexibility index (Phi) is 5.94. The van der Waals surface area contributed by atoms with Gasteiger partial charge in [0.05, 0.1) is 12.7 Å². The normalized spacial score (nSPS) is 11.6. The van der Waals surface area contributed by atoms with Crippen LogP contribution in [0.15, 0.2) is 36.5 Å². The number of aryl methyl sites for hydroxylation is 1. The van der Waals surface area contributed by atoms with Crippen LogP contribution in [0.1, 0.15) is 39.8 Å². The first-order chi connectivity index (χ1) is 11.9. The molecule has 1 aromatic carbocycles. The molecule has 1 heterocycles. The minimum absolute atomic E-state index is 0.0176. The van der Waals surface area contributed by atoms with Crippen LogP contribution in [-0.4, -0.2) is 40.2 Å². The van der Waals surface area contributed by atoms with E-state index in [4.69, 9.17) is 9.84 Å². The summed E-state index contributed by atoms with van der Waals surface area (Å²) in [5, 5.41) is 21.3. The lowest BCUT2D eigenvalue weighted by Crippen LogP contribution is -2.33. The maximum absolute atomic E-state index is 12.2. The molecule has 0 saturated carbocycles. The van der Waals surface area contributed by atoms with E-state index in [9.17, 15) is 14.7 Å². The largest absolute Gasteiger partial charge is 0.504 e. The molecule has 2 rings (SSSR count). The molecule has 1 unspecified atom stereocenters. The second-order valence-electron chi connectivity index (χ2n) is 5.65. The number of carbonyl (C=O) groups is 2. The highest BCUT2D eigenvalue weighted by molar-refractivity contribution is 5.95. The summed E-state index contributed by atoms with van der Waals surface area (Å²) in [6.45, 7) is 1.86. The first kappa shape index (κ1) is 18.3. The van der Waals surface area contributed by atoms with E-state index >= 15 is 0 Å². The molecule has 0 saturated heterocycles. The number of pyridine rings is 1. The van der Waals surface area contributed by atoms with Gasteiger partial charge in [0.1, 0.15) is 5.69 Å². The molecule has 25 heavy (non-hydrogen) atoms. The number of phenols is 1. The number of carboxylic acid groups (broad SMARTS) is 1. The maximum atomic E-state index is 12.2. The number of aromatic nitrogens is 1. The molecule has 0 aliphatic heterocycles. The van der Waals surface area contributed by atoms with Gasteiger partial charge in [-0.2, -0.15) is 0 Å². The Hall–Kier alpha value is -3.09. The van der Waals surface area contributed by atoms with Crippen LogP contribution in [0, 0.1) is 0 Å². The molecule has 7 nitrogen and oxygen atoms in total. The SMILES string of the molecule is COc1cc(CCC(C)NC(=O)c2cc(C(=O)O)ccn2)ccc1O. The fourth-order valence-electron chi connectivity index (χ4n) is 2.32. The van der Waals surface area contributed by atoms with Crippen molar-refractivity contribution >= 4 is 11.9 Å². The van der Waals surface area contributed by atoms with Gasteiger partial charge >= 0.3 is 5.97 Å². The smallest absolute Gasteiger partial charge is 0.335 e. The standard InChI is InChI=1S/C18H20N2O5/c1-11(3-4-12-5-6-15(21)16(9-12)25-2)20-17(22)14-10-13(18(23)24)7-8-19-14/h5-11,21H,3-4H2,1-2H3,(H,20,22)(H,23,24). The summed E-state index contributed by atoms with van der Waals surface area (Å²) in [7, 11) is 1.49. The number of methoxy groups -OCH3 is 1. The third-order valence-electron chi connectivity index (χ3n) is 3.73. The zero-order valence-electron chi connectivity index (χ0n) is 14.0. The number of benzene rings is 1. The Morgan fingerprint density at radius 1 is 1.28 bits per heavy atom. The van der Waals surface area contributed by atoms with Crippen molar-refractivity contribution in [3.8, 4) is 11.5 Å². The highest BCUT2D eigenvalue weighted by atomic mass is 16.5. The van der Waals surface area contributed by atoms with E-state index in [0.717, 1.165) is 5.56 Å². The van der Waals surface area contributed by atoms with Crippen LogP contribution in [0.2, 0.25) is 0 Å². The van der Waals surface area contributed by atoms with E-state index in [1.807, 2.05) is 6.92 Å². The van der Waals surface area contributed by atoms with Crippen LogP contribution in [-0.2, 0) is 6.42 Å². The van der Waals surface area contributed by atoms with Gasteiger partial charge < -0.3 is 20.3 Å². The summed E-state index contributed by atoms with van der Waals surface area (Å²) >= 11 is 0. The van der Waals surface area contributed by atoms with Crippen LogP contribution in [0.4, 0.5) is 0 Å². The Bertz CT molecular complexity index is 776. The van der Waals surface area contributed by atoms with Gasteiger partial charge in [-0.05, 0) is 49.6 Å². The third kappa shape index (κ3) is 4.94. The number of amides is 1. The number of nitrogens with one attached hydrogen (secondary N) is 1. The van der Waals surface area contributed by atoms with E-state index in [2.05, 4.69) is 10.3 Å². The molecule has 3 N–H and O–H groups in total. The zero-order chi connectivity index (χ0) is 18.4. The van der Waals surface area contributed by atoms with Crippen molar-refractivity contribution in [2.45, 2.75) is 25.8 Å². The van der Waals surface area contributed by atoms with Gasteiger partial charge in [-0.3, -0.25) is 9.78 Å². The summed E-state index contributed by atoms with van der Waals surface area (Å²) in [5.74, 6) is -1.04. The highest BCUT2D eigenvalue weighted by Gasteiger charge is 2.14. The number of phenolic OH excluding ortho intramolecular Hbond substituents is 1. The molecule has 7 heteroatoms. The van der Waals surface area contributed by atoms with Crippen molar-refractivity contribution in [1.29, 1.82) is 0 Å². The van der Waals surface area contributed by atoms with Crippen molar-refractivity contribution in [3.63, 3.8) is 0 Å². The lowest BCUT2D eigenvalue weighted by Gasteiger charge is -2.14. The van der Waals surface area contributed by atoms with Crippen LogP contribution in [0.5, 0.6) is 11.5 Å². The van der Waals surface area contributed by atoms with Crippen LogP contribution >= 0.6 is 0 Å². The van der Waals surface area contributed by atoms with Crippen LogP contribution in [0.3, 0.4) is 0 Å². The second-order valence-corrected chi connectivity index (χ2v) is 5.65. The molecule has 1 atom stereocenters. The van der Waals surface area contributed by atoms with Gasteiger partial charge in [-0.15, -0.1) is 0 Å². The van der Waals surface area contributed by atoms with Crippen molar-refractivity contribution in [3.05, 3.63) is 53.3 Å². The Labute approximate surface area is 145 Å². The molecule has 0 radical (unpaired) electrons. The number of carboxylic acids is 1. The van der Waals surface area contributed by atoms with E-state index in [1.165, 1.54) is 25.4 Å². The first-order valence-electron chi connectivity index (χ1n) is 7.76.